The van der Waals surface area contributed by atoms with E-state index in [1.54, 1.807) is 6.92 Å². The van der Waals surface area contributed by atoms with E-state index in [1.807, 2.05) is 0 Å². The Morgan fingerprint density at radius 3 is 2.81 bits per heavy atom. The average molecular weight is 227 g/mol. The number of rotatable bonds is 4. The summed E-state index contributed by atoms with van der Waals surface area (Å²) in [6.45, 7) is 1.68. The average Bonchev–Trinajstić information content (AvgIpc) is 2.25. The smallest absolute Gasteiger partial charge is 0.251 e. The van der Waals surface area contributed by atoms with Crippen molar-refractivity contribution in [2.24, 2.45) is 0 Å². The van der Waals surface area contributed by atoms with Crippen LogP contribution in [0.15, 0.2) is 18.2 Å². The molecule has 0 spiro atoms. The lowest BCUT2D eigenvalue weighted by Crippen LogP contribution is -2.30. The van der Waals surface area contributed by atoms with Gasteiger partial charge in [-0.2, -0.15) is 0 Å². The van der Waals surface area contributed by atoms with Gasteiger partial charge in [-0.05, 0) is 25.1 Å². The van der Waals surface area contributed by atoms with Crippen molar-refractivity contribution in [2.75, 3.05) is 13.7 Å². The Labute approximate surface area is 93.0 Å². The van der Waals surface area contributed by atoms with Gasteiger partial charge < -0.3 is 15.2 Å². The Balaban J connectivity index is 2.73. The van der Waals surface area contributed by atoms with Crippen LogP contribution in [0.2, 0.25) is 0 Å². The van der Waals surface area contributed by atoms with Gasteiger partial charge in [-0.25, -0.2) is 4.39 Å². The molecule has 1 amide bonds. The SMILES string of the molecule is COc1ccc(C(=O)NC[C@@H](C)O)cc1F. The van der Waals surface area contributed by atoms with Gasteiger partial charge in [-0.1, -0.05) is 0 Å². The topological polar surface area (TPSA) is 58.6 Å². The summed E-state index contributed by atoms with van der Waals surface area (Å²) >= 11 is 0. The fourth-order valence-corrected chi connectivity index (χ4v) is 1.15. The first-order chi connectivity index (χ1) is 7.54. The fraction of sp³-hybridized carbons (Fsp3) is 0.364. The zero-order valence-electron chi connectivity index (χ0n) is 9.16. The molecule has 1 atom stereocenters. The van der Waals surface area contributed by atoms with E-state index in [2.05, 4.69) is 5.32 Å². The molecule has 4 nitrogen and oxygen atoms in total. The number of hydrogen-bond donors (Lipinski definition) is 2. The third kappa shape index (κ3) is 3.20. The highest BCUT2D eigenvalue weighted by atomic mass is 19.1. The first-order valence-electron chi connectivity index (χ1n) is 4.84. The summed E-state index contributed by atoms with van der Waals surface area (Å²) in [7, 11) is 1.35. The highest BCUT2D eigenvalue weighted by Crippen LogP contribution is 2.17. The summed E-state index contributed by atoms with van der Waals surface area (Å²) in [6, 6.07) is 3.93. The number of amides is 1. The minimum atomic E-state index is -0.632. The zero-order valence-corrected chi connectivity index (χ0v) is 9.16. The third-order valence-electron chi connectivity index (χ3n) is 1.97. The molecule has 2 N–H and O–H groups in total. The Bertz CT molecular complexity index is 379. The molecule has 0 aliphatic carbocycles. The van der Waals surface area contributed by atoms with Gasteiger partial charge in [0.2, 0.25) is 0 Å². The van der Waals surface area contributed by atoms with Gasteiger partial charge in [0.1, 0.15) is 0 Å². The van der Waals surface area contributed by atoms with Crippen molar-refractivity contribution in [1.29, 1.82) is 0 Å². The quantitative estimate of drug-likeness (QED) is 0.805. The second-order valence-corrected chi connectivity index (χ2v) is 3.41. The van der Waals surface area contributed by atoms with E-state index in [4.69, 9.17) is 9.84 Å². The molecule has 0 saturated heterocycles. The van der Waals surface area contributed by atoms with E-state index < -0.39 is 17.8 Å². The van der Waals surface area contributed by atoms with E-state index in [1.165, 1.54) is 19.2 Å². The number of methoxy groups -OCH3 is 1. The third-order valence-corrected chi connectivity index (χ3v) is 1.97. The lowest BCUT2D eigenvalue weighted by molar-refractivity contribution is 0.0923. The van der Waals surface area contributed by atoms with Gasteiger partial charge in [-0.3, -0.25) is 4.79 Å². The summed E-state index contributed by atoms with van der Waals surface area (Å²) < 4.78 is 18.0. The Hall–Kier alpha value is -1.62. The molecule has 0 heterocycles. The van der Waals surface area contributed by atoms with Crippen LogP contribution in [0.25, 0.3) is 0 Å². The van der Waals surface area contributed by atoms with Crippen molar-refractivity contribution in [3.63, 3.8) is 0 Å². The number of aliphatic hydroxyl groups is 1. The second kappa shape index (κ2) is 5.46. The van der Waals surface area contributed by atoms with Crippen molar-refractivity contribution in [1.82, 2.24) is 5.32 Å². The molecule has 0 aliphatic heterocycles. The monoisotopic (exact) mass is 227 g/mol. The predicted molar refractivity (Wildman–Crippen MR) is 57.0 cm³/mol. The maximum atomic E-state index is 13.3. The number of benzene rings is 1. The number of halogens is 1. The van der Waals surface area contributed by atoms with Crippen LogP contribution < -0.4 is 10.1 Å². The maximum Gasteiger partial charge on any atom is 0.251 e. The molecular formula is C11H14FNO3. The first-order valence-corrected chi connectivity index (χ1v) is 4.84. The van der Waals surface area contributed by atoms with Gasteiger partial charge in [0.15, 0.2) is 11.6 Å². The van der Waals surface area contributed by atoms with Crippen LogP contribution in [0.1, 0.15) is 17.3 Å². The fourth-order valence-electron chi connectivity index (χ4n) is 1.15. The number of hydrogen-bond acceptors (Lipinski definition) is 3. The standard InChI is InChI=1S/C11H14FNO3/c1-7(14)6-13-11(15)8-3-4-10(16-2)9(12)5-8/h3-5,7,14H,6H2,1-2H3,(H,13,15)/t7-/m1/s1. The Morgan fingerprint density at radius 2 is 2.31 bits per heavy atom. The Kier molecular flexibility index (Phi) is 4.25. The summed E-state index contributed by atoms with van der Waals surface area (Å²) in [5.74, 6) is -0.929. The molecule has 0 bridgehead atoms. The lowest BCUT2D eigenvalue weighted by atomic mass is 10.2. The molecule has 0 radical (unpaired) electrons. The summed E-state index contributed by atoms with van der Waals surface area (Å²) in [4.78, 5) is 11.5. The minimum Gasteiger partial charge on any atom is -0.494 e. The number of aliphatic hydroxyl groups excluding tert-OH is 1. The summed E-state index contributed by atoms with van der Waals surface area (Å²) in [5.41, 5.74) is 0.193. The predicted octanol–water partition coefficient (Wildman–Crippen LogP) is 0.945. The molecule has 0 saturated carbocycles. The highest BCUT2D eigenvalue weighted by molar-refractivity contribution is 5.94. The van der Waals surface area contributed by atoms with Gasteiger partial charge in [-0.15, -0.1) is 0 Å². The van der Waals surface area contributed by atoms with E-state index in [0.717, 1.165) is 6.07 Å². The van der Waals surface area contributed by atoms with Gasteiger partial charge in [0, 0.05) is 12.1 Å². The van der Waals surface area contributed by atoms with Crippen molar-refractivity contribution < 1.29 is 19.0 Å². The second-order valence-electron chi connectivity index (χ2n) is 3.41. The summed E-state index contributed by atoms with van der Waals surface area (Å²) in [5, 5.41) is 11.4. The molecule has 88 valence electrons. The van der Waals surface area contributed by atoms with Gasteiger partial charge in [0.25, 0.3) is 5.91 Å². The van der Waals surface area contributed by atoms with Gasteiger partial charge in [0.05, 0.1) is 13.2 Å². The normalized spacial score (nSPS) is 12.0. The number of carbonyl (C=O) groups excluding carboxylic acids is 1. The maximum absolute atomic E-state index is 13.3. The molecule has 0 aromatic heterocycles. The lowest BCUT2D eigenvalue weighted by Gasteiger charge is -2.08. The highest BCUT2D eigenvalue weighted by Gasteiger charge is 2.10. The largest absolute Gasteiger partial charge is 0.494 e. The Morgan fingerprint density at radius 1 is 1.62 bits per heavy atom. The number of carbonyl (C=O) groups is 1. The van der Waals surface area contributed by atoms with Crippen LogP contribution in [0.5, 0.6) is 5.75 Å². The molecule has 0 aliphatic rings. The molecule has 1 aromatic carbocycles. The molecule has 1 aromatic rings. The van der Waals surface area contributed by atoms with Crippen LogP contribution in [0, 0.1) is 5.82 Å². The van der Waals surface area contributed by atoms with Crippen LogP contribution in [-0.4, -0.2) is 30.8 Å². The molecule has 1 rings (SSSR count). The first kappa shape index (κ1) is 12.4. The van der Waals surface area contributed by atoms with Crippen LogP contribution in [0.4, 0.5) is 4.39 Å². The molecule has 5 heteroatoms. The van der Waals surface area contributed by atoms with Crippen LogP contribution >= 0.6 is 0 Å². The van der Waals surface area contributed by atoms with E-state index in [9.17, 15) is 9.18 Å². The van der Waals surface area contributed by atoms with Crippen LogP contribution in [0.3, 0.4) is 0 Å². The van der Waals surface area contributed by atoms with Crippen LogP contribution in [-0.2, 0) is 0 Å². The zero-order chi connectivity index (χ0) is 12.1. The van der Waals surface area contributed by atoms with Crippen molar-refractivity contribution in [3.05, 3.63) is 29.6 Å². The summed E-state index contributed by atoms with van der Waals surface area (Å²) in [6.07, 6.45) is -0.632. The van der Waals surface area contributed by atoms with E-state index >= 15 is 0 Å². The minimum absolute atomic E-state index is 0.0899. The molecule has 0 fully saturated rings. The van der Waals surface area contributed by atoms with E-state index in [-0.39, 0.29) is 17.9 Å². The van der Waals surface area contributed by atoms with E-state index in [0.29, 0.717) is 0 Å². The van der Waals surface area contributed by atoms with Gasteiger partial charge >= 0.3 is 0 Å². The number of ether oxygens (including phenoxy) is 1. The van der Waals surface area contributed by atoms with Crippen molar-refractivity contribution in [2.45, 2.75) is 13.0 Å². The molecule has 0 unspecified atom stereocenters. The molecule has 16 heavy (non-hydrogen) atoms. The number of nitrogens with one attached hydrogen (secondary N) is 1. The van der Waals surface area contributed by atoms with Crippen molar-refractivity contribution in [3.8, 4) is 5.75 Å². The van der Waals surface area contributed by atoms with Crippen molar-refractivity contribution >= 4 is 5.91 Å². The molecular weight excluding hydrogens is 213 g/mol.